The minimum absolute atomic E-state index is 0.0312. The zero-order valence-electron chi connectivity index (χ0n) is 6.19. The van der Waals surface area contributed by atoms with Crippen molar-refractivity contribution in [3.05, 3.63) is 0 Å². The average Bonchev–Trinajstić information content (AvgIpc) is 1.83. The molecule has 1 amide bonds. The molecule has 2 N–H and O–H groups in total. The third-order valence-corrected chi connectivity index (χ3v) is 0.821. The molecule has 3 nitrogen and oxygen atoms in total. The van der Waals surface area contributed by atoms with E-state index in [1.807, 2.05) is 20.8 Å². The molecule has 0 heterocycles. The van der Waals surface area contributed by atoms with Crippen LogP contribution in [0.1, 0.15) is 27.2 Å². The largest absolute Gasteiger partial charge is 0.291 e. The van der Waals surface area contributed by atoms with Gasteiger partial charge in [0.1, 0.15) is 0 Å². The Bertz CT molecular complexity index is 91.1. The maximum atomic E-state index is 10.5. The van der Waals surface area contributed by atoms with Crippen molar-refractivity contribution in [2.75, 3.05) is 0 Å². The fourth-order valence-corrected chi connectivity index (χ4v) is 0.313. The SMILES string of the molecule is CCC(=O)NNC(C)C. The van der Waals surface area contributed by atoms with Crippen molar-refractivity contribution in [1.29, 1.82) is 0 Å². The Morgan fingerprint density at radius 1 is 1.56 bits per heavy atom. The van der Waals surface area contributed by atoms with Gasteiger partial charge in [0.2, 0.25) is 5.91 Å². The van der Waals surface area contributed by atoms with E-state index in [1.165, 1.54) is 0 Å². The quantitative estimate of drug-likeness (QED) is 0.544. The summed E-state index contributed by atoms with van der Waals surface area (Å²) in [6.07, 6.45) is 0.528. The topological polar surface area (TPSA) is 41.1 Å². The van der Waals surface area contributed by atoms with E-state index in [9.17, 15) is 4.79 Å². The van der Waals surface area contributed by atoms with Gasteiger partial charge >= 0.3 is 0 Å². The summed E-state index contributed by atoms with van der Waals surface area (Å²) < 4.78 is 0. The van der Waals surface area contributed by atoms with Gasteiger partial charge in [0.15, 0.2) is 0 Å². The zero-order chi connectivity index (χ0) is 7.28. The van der Waals surface area contributed by atoms with Gasteiger partial charge in [-0.15, -0.1) is 0 Å². The van der Waals surface area contributed by atoms with Crippen molar-refractivity contribution >= 4 is 5.91 Å². The van der Waals surface area contributed by atoms with E-state index in [0.29, 0.717) is 12.5 Å². The number of hydrogen-bond donors (Lipinski definition) is 2. The molecule has 0 fully saturated rings. The van der Waals surface area contributed by atoms with Gasteiger partial charge in [-0.3, -0.25) is 10.2 Å². The number of carbonyl (C=O) groups excluding carboxylic acids is 1. The molecular weight excluding hydrogens is 116 g/mol. The molecule has 0 radical (unpaired) electrons. The molecule has 0 saturated carbocycles. The fraction of sp³-hybridized carbons (Fsp3) is 0.833. The molecule has 0 unspecified atom stereocenters. The van der Waals surface area contributed by atoms with Crippen molar-refractivity contribution in [3.8, 4) is 0 Å². The van der Waals surface area contributed by atoms with E-state index in [-0.39, 0.29) is 5.91 Å². The molecule has 0 saturated heterocycles. The lowest BCUT2D eigenvalue weighted by atomic mass is 10.4. The van der Waals surface area contributed by atoms with Crippen LogP contribution in [0.2, 0.25) is 0 Å². The van der Waals surface area contributed by atoms with Gasteiger partial charge < -0.3 is 0 Å². The summed E-state index contributed by atoms with van der Waals surface area (Å²) in [5, 5.41) is 0. The molecule has 0 aromatic heterocycles. The predicted octanol–water partition coefficient (Wildman–Crippen LogP) is 0.426. The number of hydrazine groups is 1. The highest BCUT2D eigenvalue weighted by molar-refractivity contribution is 5.74. The molecule has 0 rings (SSSR count). The maximum Gasteiger partial charge on any atom is 0.233 e. The molecule has 0 bridgehead atoms. The highest BCUT2D eigenvalue weighted by Crippen LogP contribution is 1.74. The summed E-state index contributed by atoms with van der Waals surface area (Å²) in [7, 11) is 0. The Labute approximate surface area is 55.8 Å². The van der Waals surface area contributed by atoms with Crippen LogP contribution < -0.4 is 10.9 Å². The van der Waals surface area contributed by atoms with Crippen LogP contribution >= 0.6 is 0 Å². The Morgan fingerprint density at radius 2 is 2.11 bits per heavy atom. The summed E-state index contributed by atoms with van der Waals surface area (Å²) in [4.78, 5) is 10.5. The second-order valence-corrected chi connectivity index (χ2v) is 2.20. The number of amides is 1. The van der Waals surface area contributed by atoms with Crippen LogP contribution in [-0.2, 0) is 4.79 Å². The van der Waals surface area contributed by atoms with Crippen molar-refractivity contribution in [2.45, 2.75) is 33.2 Å². The zero-order valence-corrected chi connectivity index (χ0v) is 6.19. The molecule has 3 heteroatoms. The molecule has 0 aromatic rings. The second-order valence-electron chi connectivity index (χ2n) is 2.20. The highest BCUT2D eigenvalue weighted by Gasteiger charge is 1.94. The summed E-state index contributed by atoms with van der Waals surface area (Å²) in [5.74, 6) is 0.0312. The fourth-order valence-electron chi connectivity index (χ4n) is 0.313. The van der Waals surface area contributed by atoms with Crippen LogP contribution in [0.3, 0.4) is 0 Å². The van der Waals surface area contributed by atoms with Crippen molar-refractivity contribution in [3.63, 3.8) is 0 Å². The van der Waals surface area contributed by atoms with E-state index >= 15 is 0 Å². The monoisotopic (exact) mass is 130 g/mol. The van der Waals surface area contributed by atoms with Gasteiger partial charge in [0.05, 0.1) is 0 Å². The first-order valence-electron chi connectivity index (χ1n) is 3.21. The van der Waals surface area contributed by atoms with Gasteiger partial charge in [-0.05, 0) is 13.8 Å². The Balaban J connectivity index is 3.17. The minimum atomic E-state index is 0.0312. The number of rotatable bonds is 3. The van der Waals surface area contributed by atoms with Gasteiger partial charge in [0, 0.05) is 12.5 Å². The number of carbonyl (C=O) groups is 1. The van der Waals surface area contributed by atoms with Gasteiger partial charge in [0.25, 0.3) is 0 Å². The second kappa shape index (κ2) is 4.32. The van der Waals surface area contributed by atoms with Crippen LogP contribution in [0.5, 0.6) is 0 Å². The third kappa shape index (κ3) is 5.30. The molecule has 0 aliphatic rings. The van der Waals surface area contributed by atoms with Crippen molar-refractivity contribution in [1.82, 2.24) is 10.9 Å². The summed E-state index contributed by atoms with van der Waals surface area (Å²) in [6, 6.07) is 0.306. The van der Waals surface area contributed by atoms with Gasteiger partial charge in [-0.25, -0.2) is 5.43 Å². The maximum absolute atomic E-state index is 10.5. The third-order valence-electron chi connectivity index (χ3n) is 0.821. The lowest BCUT2D eigenvalue weighted by Gasteiger charge is -2.07. The van der Waals surface area contributed by atoms with Crippen LogP contribution in [0.15, 0.2) is 0 Å². The van der Waals surface area contributed by atoms with Gasteiger partial charge in [-0.1, -0.05) is 6.92 Å². The Kier molecular flexibility index (Phi) is 4.05. The summed E-state index contributed by atoms with van der Waals surface area (Å²) in [5.41, 5.74) is 5.34. The predicted molar refractivity (Wildman–Crippen MR) is 36.7 cm³/mol. The van der Waals surface area contributed by atoms with E-state index in [4.69, 9.17) is 0 Å². The number of hydrogen-bond acceptors (Lipinski definition) is 2. The lowest BCUT2D eigenvalue weighted by molar-refractivity contribution is -0.121. The molecule has 54 valence electrons. The lowest BCUT2D eigenvalue weighted by Crippen LogP contribution is -2.41. The van der Waals surface area contributed by atoms with Gasteiger partial charge in [-0.2, -0.15) is 0 Å². The first kappa shape index (κ1) is 8.43. The summed E-state index contributed by atoms with van der Waals surface area (Å²) >= 11 is 0. The van der Waals surface area contributed by atoms with Crippen LogP contribution in [0.4, 0.5) is 0 Å². The average molecular weight is 130 g/mol. The molecule has 0 spiro atoms. The first-order valence-corrected chi connectivity index (χ1v) is 3.21. The van der Waals surface area contributed by atoms with Crippen LogP contribution in [-0.4, -0.2) is 11.9 Å². The minimum Gasteiger partial charge on any atom is -0.291 e. The molecule has 0 aliphatic carbocycles. The number of nitrogens with one attached hydrogen (secondary N) is 2. The Morgan fingerprint density at radius 3 is 2.44 bits per heavy atom. The Hall–Kier alpha value is -0.570. The van der Waals surface area contributed by atoms with E-state index in [0.717, 1.165) is 0 Å². The molecule has 0 aromatic carbocycles. The summed E-state index contributed by atoms with van der Waals surface area (Å²) in [6.45, 7) is 5.75. The van der Waals surface area contributed by atoms with Crippen LogP contribution in [0, 0.1) is 0 Å². The first-order chi connectivity index (χ1) is 4.16. The van der Waals surface area contributed by atoms with Crippen molar-refractivity contribution in [2.24, 2.45) is 0 Å². The molecular formula is C6H14N2O. The van der Waals surface area contributed by atoms with Crippen LogP contribution in [0.25, 0.3) is 0 Å². The van der Waals surface area contributed by atoms with E-state index < -0.39 is 0 Å². The van der Waals surface area contributed by atoms with Crippen molar-refractivity contribution < 1.29 is 4.79 Å². The van der Waals surface area contributed by atoms with E-state index in [2.05, 4.69) is 10.9 Å². The molecule has 0 aliphatic heterocycles. The normalized spacial score (nSPS) is 9.78. The molecule has 9 heavy (non-hydrogen) atoms. The highest BCUT2D eigenvalue weighted by atomic mass is 16.2. The molecule has 0 atom stereocenters. The smallest absolute Gasteiger partial charge is 0.233 e. The standard InChI is InChI=1S/C6H14N2O/c1-4-6(9)8-7-5(2)3/h5,7H,4H2,1-3H3,(H,8,9). The van der Waals surface area contributed by atoms with E-state index in [1.54, 1.807) is 0 Å².